The van der Waals surface area contributed by atoms with E-state index in [-0.39, 0.29) is 17.4 Å². The zero-order valence-corrected chi connectivity index (χ0v) is 13.0. The topological polar surface area (TPSA) is 38.3 Å². The summed E-state index contributed by atoms with van der Waals surface area (Å²) in [4.78, 5) is 12.1. The summed E-state index contributed by atoms with van der Waals surface area (Å²) in [5.74, 6) is -0.0572. The molecule has 3 nitrogen and oxygen atoms in total. The largest absolute Gasteiger partial charge is 0.465 e. The molecule has 19 heavy (non-hydrogen) atoms. The number of carbonyl (C=O) groups is 1. The molecule has 0 aromatic carbocycles. The van der Waals surface area contributed by atoms with Crippen molar-refractivity contribution < 1.29 is 9.53 Å². The maximum Gasteiger partial charge on any atom is 0.323 e. The average molecular weight is 269 g/mol. The predicted octanol–water partition coefficient (Wildman–Crippen LogP) is 3.67. The lowest BCUT2D eigenvalue weighted by molar-refractivity contribution is -0.150. The molecule has 1 atom stereocenters. The molecule has 0 aliphatic carbocycles. The fourth-order valence-electron chi connectivity index (χ4n) is 2.75. The Balaban J connectivity index is 2.13. The molecule has 112 valence electrons. The van der Waals surface area contributed by atoms with Crippen LogP contribution in [0.2, 0.25) is 0 Å². The van der Waals surface area contributed by atoms with Crippen LogP contribution in [0.15, 0.2) is 0 Å². The molecule has 3 heteroatoms. The van der Waals surface area contributed by atoms with Gasteiger partial charge in [0, 0.05) is 0 Å². The van der Waals surface area contributed by atoms with Gasteiger partial charge in [-0.25, -0.2) is 0 Å². The van der Waals surface area contributed by atoms with E-state index in [1.807, 2.05) is 0 Å². The van der Waals surface area contributed by atoms with Crippen molar-refractivity contribution in [1.29, 1.82) is 0 Å². The molecule has 0 aromatic heterocycles. The predicted molar refractivity (Wildman–Crippen MR) is 79.1 cm³/mol. The molecule has 1 aliphatic heterocycles. The maximum absolute atomic E-state index is 12.1. The van der Waals surface area contributed by atoms with E-state index in [0.717, 1.165) is 25.8 Å². The highest BCUT2D eigenvalue weighted by Gasteiger charge is 2.38. The molecule has 0 aromatic rings. The van der Waals surface area contributed by atoms with Gasteiger partial charge in [0.25, 0.3) is 0 Å². The van der Waals surface area contributed by atoms with Crippen molar-refractivity contribution in [2.24, 2.45) is 5.41 Å². The number of unbranched alkanes of at least 4 members (excludes halogenated alkanes) is 5. The van der Waals surface area contributed by atoms with Crippen molar-refractivity contribution in [2.45, 2.75) is 78.2 Å². The quantitative estimate of drug-likeness (QED) is 0.540. The fraction of sp³-hybridized carbons (Fsp3) is 0.938. The summed E-state index contributed by atoms with van der Waals surface area (Å²) < 4.78 is 5.42. The van der Waals surface area contributed by atoms with Crippen LogP contribution in [0.1, 0.15) is 72.1 Å². The van der Waals surface area contributed by atoms with Gasteiger partial charge in [0.05, 0.1) is 6.61 Å². The molecule has 1 aliphatic rings. The maximum atomic E-state index is 12.1. The standard InChI is InChI=1S/C16H31NO2/c1-4-5-6-7-8-9-13-19-15(18)14-16(2,3)11-10-12-17-14/h14,17H,4-13H2,1-3H3. The van der Waals surface area contributed by atoms with Crippen molar-refractivity contribution in [2.75, 3.05) is 13.2 Å². The Labute approximate surface area is 118 Å². The highest BCUT2D eigenvalue weighted by molar-refractivity contribution is 5.77. The average Bonchev–Trinajstić information content (AvgIpc) is 2.37. The molecule has 0 bridgehead atoms. The van der Waals surface area contributed by atoms with Gasteiger partial charge in [-0.3, -0.25) is 4.79 Å². The number of rotatable bonds is 8. The molecule has 1 N–H and O–H groups in total. The van der Waals surface area contributed by atoms with Crippen LogP contribution < -0.4 is 5.32 Å². The summed E-state index contributed by atoms with van der Waals surface area (Å²) in [5, 5.41) is 3.30. The number of ether oxygens (including phenoxy) is 1. The van der Waals surface area contributed by atoms with Crippen LogP contribution in [0.3, 0.4) is 0 Å². The Morgan fingerprint density at radius 1 is 1.21 bits per heavy atom. The first-order valence-electron chi connectivity index (χ1n) is 7.98. The van der Waals surface area contributed by atoms with E-state index in [2.05, 4.69) is 26.1 Å². The molecule has 1 unspecified atom stereocenters. The highest BCUT2D eigenvalue weighted by Crippen LogP contribution is 2.30. The molecule has 1 fully saturated rings. The van der Waals surface area contributed by atoms with E-state index in [0.29, 0.717) is 6.61 Å². The van der Waals surface area contributed by atoms with Crippen LogP contribution >= 0.6 is 0 Å². The third-order valence-corrected chi connectivity index (χ3v) is 4.11. The summed E-state index contributed by atoms with van der Waals surface area (Å²) >= 11 is 0. The van der Waals surface area contributed by atoms with Crippen molar-refractivity contribution in [1.82, 2.24) is 5.32 Å². The Kier molecular flexibility index (Phi) is 7.44. The summed E-state index contributed by atoms with van der Waals surface area (Å²) in [7, 11) is 0. The van der Waals surface area contributed by atoms with Crippen LogP contribution in [0, 0.1) is 5.41 Å². The number of nitrogens with one attached hydrogen (secondary N) is 1. The van der Waals surface area contributed by atoms with Gasteiger partial charge in [0.15, 0.2) is 0 Å². The van der Waals surface area contributed by atoms with Crippen LogP contribution in [0.5, 0.6) is 0 Å². The normalized spacial score (nSPS) is 22.2. The number of carbonyl (C=O) groups excluding carboxylic acids is 1. The zero-order chi connectivity index (χ0) is 14.1. The van der Waals surface area contributed by atoms with E-state index < -0.39 is 0 Å². The molecule has 0 amide bonds. The van der Waals surface area contributed by atoms with Gasteiger partial charge in [-0.15, -0.1) is 0 Å². The SMILES string of the molecule is CCCCCCCCOC(=O)C1NCCCC1(C)C. The molecular formula is C16H31NO2. The monoisotopic (exact) mass is 269 g/mol. The molecule has 0 spiro atoms. The second-order valence-corrected chi connectivity index (χ2v) is 6.41. The van der Waals surface area contributed by atoms with Gasteiger partial charge in [0.2, 0.25) is 0 Å². The number of hydrogen-bond donors (Lipinski definition) is 1. The Morgan fingerprint density at radius 3 is 2.58 bits per heavy atom. The van der Waals surface area contributed by atoms with Crippen molar-refractivity contribution in [3.63, 3.8) is 0 Å². The minimum Gasteiger partial charge on any atom is -0.465 e. The fourth-order valence-corrected chi connectivity index (χ4v) is 2.75. The molecule has 1 heterocycles. The van der Waals surface area contributed by atoms with Gasteiger partial charge < -0.3 is 10.1 Å². The van der Waals surface area contributed by atoms with E-state index in [9.17, 15) is 4.79 Å². The van der Waals surface area contributed by atoms with Crippen molar-refractivity contribution >= 4 is 5.97 Å². The minimum atomic E-state index is -0.124. The van der Waals surface area contributed by atoms with Crippen LogP contribution in [0.25, 0.3) is 0 Å². The van der Waals surface area contributed by atoms with Gasteiger partial charge in [-0.2, -0.15) is 0 Å². The third kappa shape index (κ3) is 5.94. The first-order valence-corrected chi connectivity index (χ1v) is 7.98. The highest BCUT2D eigenvalue weighted by atomic mass is 16.5. The van der Waals surface area contributed by atoms with E-state index in [4.69, 9.17) is 4.74 Å². The molecule has 1 rings (SSSR count). The van der Waals surface area contributed by atoms with E-state index in [1.165, 1.54) is 32.1 Å². The molecular weight excluding hydrogens is 238 g/mol. The number of esters is 1. The number of hydrogen-bond acceptors (Lipinski definition) is 3. The van der Waals surface area contributed by atoms with Crippen LogP contribution in [-0.2, 0) is 9.53 Å². The molecule has 0 saturated carbocycles. The lowest BCUT2D eigenvalue weighted by Gasteiger charge is -2.37. The lowest BCUT2D eigenvalue weighted by atomic mass is 9.77. The zero-order valence-electron chi connectivity index (χ0n) is 13.0. The Bertz CT molecular complexity index is 263. The third-order valence-electron chi connectivity index (χ3n) is 4.11. The number of piperidine rings is 1. The van der Waals surface area contributed by atoms with Crippen LogP contribution in [0.4, 0.5) is 0 Å². The second-order valence-electron chi connectivity index (χ2n) is 6.41. The first kappa shape index (κ1) is 16.5. The summed E-state index contributed by atoms with van der Waals surface area (Å²) in [5.41, 5.74) is 0.0243. The van der Waals surface area contributed by atoms with E-state index in [1.54, 1.807) is 0 Å². The summed E-state index contributed by atoms with van der Waals surface area (Å²) in [6.07, 6.45) is 9.58. The second kappa shape index (κ2) is 8.57. The summed E-state index contributed by atoms with van der Waals surface area (Å²) in [6, 6.07) is -0.124. The van der Waals surface area contributed by atoms with Gasteiger partial charge >= 0.3 is 5.97 Å². The van der Waals surface area contributed by atoms with Gasteiger partial charge in [-0.1, -0.05) is 52.9 Å². The Hall–Kier alpha value is -0.570. The van der Waals surface area contributed by atoms with Gasteiger partial charge in [-0.05, 0) is 31.2 Å². The first-order chi connectivity index (χ1) is 9.08. The molecule has 0 radical (unpaired) electrons. The smallest absolute Gasteiger partial charge is 0.323 e. The molecule has 1 saturated heterocycles. The Morgan fingerprint density at radius 2 is 1.89 bits per heavy atom. The lowest BCUT2D eigenvalue weighted by Crippen LogP contribution is -2.52. The van der Waals surface area contributed by atoms with Crippen molar-refractivity contribution in [3.05, 3.63) is 0 Å². The van der Waals surface area contributed by atoms with Crippen LogP contribution in [-0.4, -0.2) is 25.2 Å². The van der Waals surface area contributed by atoms with Gasteiger partial charge in [0.1, 0.15) is 6.04 Å². The minimum absolute atomic E-state index is 0.0243. The van der Waals surface area contributed by atoms with E-state index >= 15 is 0 Å². The van der Waals surface area contributed by atoms with Crippen molar-refractivity contribution in [3.8, 4) is 0 Å². The summed E-state index contributed by atoms with van der Waals surface area (Å²) in [6.45, 7) is 8.03.